The van der Waals surface area contributed by atoms with Crippen molar-refractivity contribution in [1.82, 2.24) is 15.3 Å². The molecule has 2 rings (SSSR count). The zero-order valence-electron chi connectivity index (χ0n) is 10.5. The van der Waals surface area contributed by atoms with Crippen LogP contribution in [0.25, 0.3) is 0 Å². The zero-order valence-corrected chi connectivity index (χ0v) is 10.5. The van der Waals surface area contributed by atoms with E-state index in [0.717, 1.165) is 19.5 Å². The van der Waals surface area contributed by atoms with Gasteiger partial charge in [0.15, 0.2) is 0 Å². The lowest BCUT2D eigenvalue weighted by atomic mass is 10.1. The first-order chi connectivity index (χ1) is 8.79. The van der Waals surface area contributed by atoms with Crippen LogP contribution in [0, 0.1) is 0 Å². The van der Waals surface area contributed by atoms with Crippen LogP contribution in [0.15, 0.2) is 12.3 Å². The van der Waals surface area contributed by atoms with Crippen LogP contribution in [0.2, 0.25) is 0 Å². The second-order valence-corrected chi connectivity index (χ2v) is 4.30. The van der Waals surface area contributed by atoms with Crippen molar-refractivity contribution in [2.24, 2.45) is 0 Å². The van der Waals surface area contributed by atoms with Gasteiger partial charge in [0.1, 0.15) is 5.82 Å². The number of carbonyl (C=O) groups is 1. The molecule has 1 aromatic rings. The Labute approximate surface area is 106 Å². The maximum atomic E-state index is 11.3. The molecule has 0 aliphatic carbocycles. The molecule has 1 aromatic heterocycles. The molecule has 0 amide bonds. The summed E-state index contributed by atoms with van der Waals surface area (Å²) in [5, 5.41) is 6.69. The molecule has 18 heavy (non-hydrogen) atoms. The smallest absolute Gasteiger partial charge is 0.376 e. The number of aromatic nitrogens is 2. The molecule has 0 radical (unpaired) electrons. The van der Waals surface area contributed by atoms with Crippen LogP contribution in [-0.2, 0) is 4.74 Å². The molecule has 2 heterocycles. The lowest BCUT2D eigenvalue weighted by Gasteiger charge is -2.16. The predicted octanol–water partition coefficient (Wildman–Crippen LogP) is 0.817. The predicted molar refractivity (Wildman–Crippen MR) is 67.5 cm³/mol. The monoisotopic (exact) mass is 250 g/mol. The van der Waals surface area contributed by atoms with E-state index in [4.69, 9.17) is 0 Å². The second-order valence-electron chi connectivity index (χ2n) is 4.30. The maximum absolute atomic E-state index is 11.3. The number of ether oxygens (including phenoxy) is 1. The van der Waals surface area contributed by atoms with Crippen LogP contribution >= 0.6 is 0 Å². The van der Waals surface area contributed by atoms with Gasteiger partial charge in [-0.05, 0) is 25.5 Å². The van der Waals surface area contributed by atoms with E-state index < -0.39 is 5.97 Å². The molecule has 98 valence electrons. The van der Waals surface area contributed by atoms with Crippen LogP contribution in [0.1, 0.15) is 29.9 Å². The number of nitrogens with one attached hydrogen (secondary N) is 2. The van der Waals surface area contributed by atoms with Gasteiger partial charge in [-0.15, -0.1) is 0 Å². The fourth-order valence-electron chi connectivity index (χ4n) is 1.98. The first-order valence-electron chi connectivity index (χ1n) is 6.18. The van der Waals surface area contributed by atoms with Gasteiger partial charge in [0, 0.05) is 18.8 Å². The number of carbonyl (C=O) groups excluding carboxylic acids is 1. The van der Waals surface area contributed by atoms with Gasteiger partial charge in [0.2, 0.25) is 5.82 Å². The van der Waals surface area contributed by atoms with E-state index in [1.807, 2.05) is 0 Å². The molecule has 0 spiro atoms. The average molecular weight is 250 g/mol. The van der Waals surface area contributed by atoms with Crippen LogP contribution < -0.4 is 10.6 Å². The van der Waals surface area contributed by atoms with E-state index in [1.165, 1.54) is 20.0 Å². The Hall–Kier alpha value is -1.69. The minimum Gasteiger partial charge on any atom is -0.463 e. The van der Waals surface area contributed by atoms with E-state index >= 15 is 0 Å². The molecule has 2 N–H and O–H groups in total. The number of methoxy groups -OCH3 is 1. The molecule has 1 aliphatic rings. The summed E-state index contributed by atoms with van der Waals surface area (Å²) in [4.78, 5) is 19.3. The Bertz CT molecular complexity index is 403. The van der Waals surface area contributed by atoms with Crippen molar-refractivity contribution in [3.05, 3.63) is 18.1 Å². The molecular weight excluding hydrogens is 232 g/mol. The van der Waals surface area contributed by atoms with E-state index in [2.05, 4.69) is 25.3 Å². The Balaban J connectivity index is 2.01. The van der Waals surface area contributed by atoms with Crippen LogP contribution in [-0.4, -0.2) is 42.2 Å². The van der Waals surface area contributed by atoms with Crippen molar-refractivity contribution in [1.29, 1.82) is 0 Å². The number of anilines is 1. The number of hydrogen-bond donors (Lipinski definition) is 2. The number of hydrogen-bond acceptors (Lipinski definition) is 6. The fourth-order valence-corrected chi connectivity index (χ4v) is 1.98. The topological polar surface area (TPSA) is 76.1 Å². The molecule has 0 aromatic carbocycles. The van der Waals surface area contributed by atoms with Gasteiger partial charge in [-0.2, -0.15) is 0 Å². The number of rotatable bonds is 3. The second kappa shape index (κ2) is 6.30. The average Bonchev–Trinajstić information content (AvgIpc) is 2.67. The summed E-state index contributed by atoms with van der Waals surface area (Å²) in [5.41, 5.74) is 0. The van der Waals surface area contributed by atoms with Gasteiger partial charge in [0.05, 0.1) is 7.11 Å². The first-order valence-corrected chi connectivity index (χ1v) is 6.18. The van der Waals surface area contributed by atoms with Crippen LogP contribution in [0.3, 0.4) is 0 Å². The van der Waals surface area contributed by atoms with Gasteiger partial charge < -0.3 is 15.4 Å². The summed E-state index contributed by atoms with van der Waals surface area (Å²) in [6.45, 7) is 1.98. The highest BCUT2D eigenvalue weighted by atomic mass is 16.5. The highest BCUT2D eigenvalue weighted by Gasteiger charge is 2.14. The number of nitrogens with zero attached hydrogens (tertiary/aromatic N) is 2. The van der Waals surface area contributed by atoms with Crippen molar-refractivity contribution in [3.63, 3.8) is 0 Å². The maximum Gasteiger partial charge on any atom is 0.376 e. The molecule has 0 saturated carbocycles. The van der Waals surface area contributed by atoms with Gasteiger partial charge in [-0.3, -0.25) is 0 Å². The third-order valence-electron chi connectivity index (χ3n) is 2.92. The highest BCUT2D eigenvalue weighted by molar-refractivity contribution is 5.85. The van der Waals surface area contributed by atoms with Crippen LogP contribution in [0.5, 0.6) is 0 Å². The standard InChI is InChI=1S/C12H18N4O2/c1-18-12(17)11-14-7-5-10(16-11)15-9-4-2-3-6-13-8-9/h5,7,9,13H,2-4,6,8H2,1H3,(H,14,15,16). The van der Waals surface area contributed by atoms with Crippen molar-refractivity contribution < 1.29 is 9.53 Å². The molecule has 6 nitrogen and oxygen atoms in total. The van der Waals surface area contributed by atoms with Gasteiger partial charge in [0.25, 0.3) is 0 Å². The summed E-state index contributed by atoms with van der Waals surface area (Å²) < 4.78 is 4.60. The normalized spacial score (nSPS) is 19.9. The first kappa shape index (κ1) is 12.8. The van der Waals surface area contributed by atoms with Crippen molar-refractivity contribution in [2.75, 3.05) is 25.5 Å². The Morgan fingerprint density at radius 1 is 1.56 bits per heavy atom. The third-order valence-corrected chi connectivity index (χ3v) is 2.92. The summed E-state index contributed by atoms with van der Waals surface area (Å²) in [6, 6.07) is 2.10. The quantitative estimate of drug-likeness (QED) is 0.773. The summed E-state index contributed by atoms with van der Waals surface area (Å²) >= 11 is 0. The number of esters is 1. The molecule has 1 aliphatic heterocycles. The molecular formula is C12H18N4O2. The Kier molecular flexibility index (Phi) is 4.46. The summed E-state index contributed by atoms with van der Waals surface area (Å²) in [7, 11) is 1.32. The molecule has 1 saturated heterocycles. The minimum absolute atomic E-state index is 0.0871. The van der Waals surface area contributed by atoms with E-state index in [0.29, 0.717) is 11.9 Å². The van der Waals surface area contributed by atoms with Crippen molar-refractivity contribution >= 4 is 11.8 Å². The lowest BCUT2D eigenvalue weighted by molar-refractivity contribution is 0.0587. The SMILES string of the molecule is COC(=O)c1nccc(NC2CCCCNC2)n1. The van der Waals surface area contributed by atoms with Gasteiger partial charge in [-0.1, -0.05) is 6.42 Å². The Morgan fingerprint density at radius 3 is 3.28 bits per heavy atom. The van der Waals surface area contributed by atoms with Gasteiger partial charge in [-0.25, -0.2) is 14.8 Å². The highest BCUT2D eigenvalue weighted by Crippen LogP contribution is 2.11. The molecule has 6 heteroatoms. The fraction of sp³-hybridized carbons (Fsp3) is 0.583. The largest absolute Gasteiger partial charge is 0.463 e. The third kappa shape index (κ3) is 3.40. The minimum atomic E-state index is -0.516. The summed E-state index contributed by atoms with van der Waals surface area (Å²) in [6.07, 6.45) is 5.06. The molecule has 0 bridgehead atoms. The molecule has 1 fully saturated rings. The molecule has 1 atom stereocenters. The Morgan fingerprint density at radius 2 is 2.44 bits per heavy atom. The van der Waals surface area contributed by atoms with Gasteiger partial charge >= 0.3 is 5.97 Å². The molecule has 1 unspecified atom stereocenters. The van der Waals surface area contributed by atoms with Crippen LogP contribution in [0.4, 0.5) is 5.82 Å². The zero-order chi connectivity index (χ0) is 12.8. The van der Waals surface area contributed by atoms with Crippen molar-refractivity contribution in [2.45, 2.75) is 25.3 Å². The lowest BCUT2D eigenvalue weighted by Crippen LogP contribution is -2.31. The van der Waals surface area contributed by atoms with E-state index in [-0.39, 0.29) is 5.82 Å². The summed E-state index contributed by atoms with van der Waals surface area (Å²) in [5.74, 6) is 0.237. The van der Waals surface area contributed by atoms with E-state index in [1.54, 1.807) is 12.3 Å². The van der Waals surface area contributed by atoms with E-state index in [9.17, 15) is 4.79 Å². The van der Waals surface area contributed by atoms with Crippen molar-refractivity contribution in [3.8, 4) is 0 Å².